The van der Waals surface area contributed by atoms with Crippen LogP contribution in [0.2, 0.25) is 0 Å². The molecular weight excluding hydrogens is 733 g/mol. The third-order valence-corrected chi connectivity index (χ3v) is 12.8. The maximum atomic E-state index is 14.6. The third-order valence-electron chi connectivity index (χ3n) is 12.8. The lowest BCUT2D eigenvalue weighted by atomic mass is 9.83. The fraction of sp³-hybridized carbons (Fsp3) is 0. The Balaban J connectivity index is 1.47. The highest BCUT2D eigenvalue weighted by Gasteiger charge is 2.32. The van der Waals surface area contributed by atoms with E-state index in [4.69, 9.17) is 0 Å². The summed E-state index contributed by atoms with van der Waals surface area (Å²) in [5, 5.41) is 6.85. The lowest BCUT2D eigenvalue weighted by molar-refractivity contribution is 1.32. The largest absolute Gasteiger partial charge is 0.307 e. The molecule has 0 saturated heterocycles. The molecule has 0 aliphatic rings. The first-order valence-electron chi connectivity index (χ1n) is 20.4. The number of para-hydroxylation sites is 4. The summed E-state index contributed by atoms with van der Waals surface area (Å²) in [5.41, 5.74) is 14.2. The number of rotatable bonds is 4. The first kappa shape index (κ1) is 32.9. The number of aromatic nitrogens is 2. The Kier molecular flexibility index (Phi) is 6.71. The van der Waals surface area contributed by atoms with Crippen molar-refractivity contribution in [3.63, 3.8) is 0 Å². The average Bonchev–Trinajstić information content (AvgIpc) is 3.84. The van der Waals surface area contributed by atoms with Gasteiger partial charge in [-0.2, -0.15) is 0 Å². The summed E-state index contributed by atoms with van der Waals surface area (Å²) in [7, 11) is 0. The van der Waals surface area contributed by atoms with Gasteiger partial charge in [-0.25, -0.2) is 0 Å². The molecule has 13 aromatic rings. The standard InChI is InChI=1S/C56H32N2O2/c59-55-38-23-10-12-31-44(38)57-51-40(27-15-29-42(51)55)48-46(35-21-8-3-9-22-35)49-41-28-16-30-43-52(41)58(45-32-13-11-24-39(45)56(43)60)54(49)50(53(48)57)47-36(33-17-4-1-5-18-33)25-14-26-37(47)34-19-6-2-7-20-34/h1-32H. The lowest BCUT2D eigenvalue weighted by Gasteiger charge is -2.21. The summed E-state index contributed by atoms with van der Waals surface area (Å²) in [6.45, 7) is 0. The predicted octanol–water partition coefficient (Wildman–Crippen LogP) is 13.4. The third kappa shape index (κ3) is 4.24. The number of pyridine rings is 2. The summed E-state index contributed by atoms with van der Waals surface area (Å²) in [6.07, 6.45) is 0. The van der Waals surface area contributed by atoms with Gasteiger partial charge in [0, 0.05) is 59.8 Å². The van der Waals surface area contributed by atoms with Crippen LogP contribution < -0.4 is 10.9 Å². The fourth-order valence-corrected chi connectivity index (χ4v) is 10.4. The zero-order chi connectivity index (χ0) is 39.6. The zero-order valence-corrected chi connectivity index (χ0v) is 32.2. The van der Waals surface area contributed by atoms with Crippen LogP contribution in [0.15, 0.2) is 204 Å². The molecule has 0 fully saturated rings. The molecular formula is C56H32N2O2. The minimum Gasteiger partial charge on any atom is -0.307 e. The van der Waals surface area contributed by atoms with Crippen LogP contribution in [0, 0.1) is 0 Å². The Morgan fingerprint density at radius 2 is 0.633 bits per heavy atom. The molecule has 4 heteroatoms. The molecule has 0 saturated carbocycles. The van der Waals surface area contributed by atoms with Crippen molar-refractivity contribution in [2.45, 2.75) is 0 Å². The summed E-state index contributed by atoms with van der Waals surface area (Å²) in [6, 6.07) is 67.0. The van der Waals surface area contributed by atoms with E-state index in [-0.39, 0.29) is 10.9 Å². The van der Waals surface area contributed by atoms with Crippen molar-refractivity contribution >= 4 is 76.2 Å². The van der Waals surface area contributed by atoms with Gasteiger partial charge >= 0.3 is 0 Å². The Morgan fingerprint density at radius 3 is 1.10 bits per heavy atom. The van der Waals surface area contributed by atoms with Crippen LogP contribution in [0.1, 0.15) is 0 Å². The van der Waals surface area contributed by atoms with Crippen molar-refractivity contribution in [1.29, 1.82) is 0 Å². The van der Waals surface area contributed by atoms with Gasteiger partial charge in [0.1, 0.15) is 0 Å². The highest BCUT2D eigenvalue weighted by molar-refractivity contribution is 6.36. The number of hydrogen-bond acceptors (Lipinski definition) is 2. The quantitative estimate of drug-likeness (QED) is 0.168. The van der Waals surface area contributed by atoms with E-state index in [1.807, 2.05) is 60.7 Å². The molecule has 0 N–H and O–H groups in total. The van der Waals surface area contributed by atoms with Crippen LogP contribution in [0.5, 0.6) is 0 Å². The first-order valence-corrected chi connectivity index (χ1v) is 20.4. The minimum absolute atomic E-state index is 0.0231. The Labute approximate surface area is 342 Å². The van der Waals surface area contributed by atoms with Crippen LogP contribution >= 0.6 is 0 Å². The second-order valence-corrected chi connectivity index (χ2v) is 15.8. The number of fused-ring (bicyclic) bond motifs is 10. The van der Waals surface area contributed by atoms with Crippen molar-refractivity contribution in [2.24, 2.45) is 0 Å². The van der Waals surface area contributed by atoms with Gasteiger partial charge in [0.15, 0.2) is 10.9 Å². The monoisotopic (exact) mass is 764 g/mol. The summed E-state index contributed by atoms with van der Waals surface area (Å²) in [4.78, 5) is 29.2. The Bertz CT molecular complexity index is 3780. The Hall–Kier alpha value is -8.08. The van der Waals surface area contributed by atoms with Gasteiger partial charge < -0.3 is 8.80 Å². The molecule has 4 nitrogen and oxygen atoms in total. The van der Waals surface area contributed by atoms with Crippen molar-refractivity contribution in [1.82, 2.24) is 8.80 Å². The minimum atomic E-state index is 0.0231. The highest BCUT2D eigenvalue weighted by Crippen LogP contribution is 2.54. The molecule has 0 spiro atoms. The number of benzene rings is 9. The smallest absolute Gasteiger partial charge is 0.197 e. The van der Waals surface area contributed by atoms with Crippen LogP contribution in [0.3, 0.4) is 0 Å². The summed E-state index contributed by atoms with van der Waals surface area (Å²) >= 11 is 0. The van der Waals surface area contributed by atoms with E-state index in [9.17, 15) is 9.59 Å². The number of hydrogen-bond donors (Lipinski definition) is 0. The molecule has 13 rings (SSSR count). The van der Waals surface area contributed by atoms with E-state index in [2.05, 4.69) is 142 Å². The number of nitrogens with zero attached hydrogens (tertiary/aromatic N) is 2. The molecule has 0 radical (unpaired) electrons. The molecule has 278 valence electrons. The molecule has 60 heavy (non-hydrogen) atoms. The molecule has 0 amide bonds. The Morgan fingerprint density at radius 1 is 0.267 bits per heavy atom. The van der Waals surface area contributed by atoms with E-state index in [1.54, 1.807) is 0 Å². The maximum absolute atomic E-state index is 14.6. The second-order valence-electron chi connectivity index (χ2n) is 15.8. The van der Waals surface area contributed by atoms with Gasteiger partial charge in [0.25, 0.3) is 0 Å². The van der Waals surface area contributed by atoms with E-state index < -0.39 is 0 Å². The van der Waals surface area contributed by atoms with Gasteiger partial charge in [-0.05, 0) is 64.2 Å². The molecule has 0 aliphatic carbocycles. The van der Waals surface area contributed by atoms with Gasteiger partial charge in [0.05, 0.1) is 33.1 Å². The van der Waals surface area contributed by atoms with Crippen molar-refractivity contribution < 1.29 is 0 Å². The first-order chi connectivity index (χ1) is 29.7. The van der Waals surface area contributed by atoms with Crippen molar-refractivity contribution in [3.05, 3.63) is 215 Å². The summed E-state index contributed by atoms with van der Waals surface area (Å²) < 4.78 is 4.75. The average molecular weight is 765 g/mol. The molecule has 9 aromatic carbocycles. The lowest BCUT2D eigenvalue weighted by Crippen LogP contribution is -2.07. The summed E-state index contributed by atoms with van der Waals surface area (Å²) in [5.74, 6) is 0. The van der Waals surface area contributed by atoms with Crippen LogP contribution in [-0.2, 0) is 0 Å². The normalized spacial score (nSPS) is 12.1. The molecule has 4 aromatic heterocycles. The van der Waals surface area contributed by atoms with Gasteiger partial charge in [-0.3, -0.25) is 9.59 Å². The van der Waals surface area contributed by atoms with E-state index in [0.717, 1.165) is 99.2 Å². The topological polar surface area (TPSA) is 43.0 Å². The van der Waals surface area contributed by atoms with Gasteiger partial charge in [0.2, 0.25) is 0 Å². The highest BCUT2D eigenvalue weighted by atomic mass is 16.1. The predicted molar refractivity (Wildman–Crippen MR) is 250 cm³/mol. The molecule has 0 unspecified atom stereocenters. The van der Waals surface area contributed by atoms with E-state index in [0.29, 0.717) is 21.5 Å². The molecule has 0 atom stereocenters. The van der Waals surface area contributed by atoms with Crippen LogP contribution in [0.4, 0.5) is 0 Å². The van der Waals surface area contributed by atoms with Crippen LogP contribution in [-0.4, -0.2) is 8.80 Å². The maximum Gasteiger partial charge on any atom is 0.197 e. The second kappa shape index (κ2) is 12.2. The SMILES string of the molecule is O=c1c2ccccc2n2c3c(-c4c(-c5ccccc5)cccc4-c4ccccc4)c4c(c(-c5ccccc5)c3c3cccc1c32)c1cccc2c(=O)c3ccccc3n4c21. The molecule has 4 heterocycles. The zero-order valence-electron chi connectivity index (χ0n) is 32.2. The molecule has 0 bridgehead atoms. The van der Waals surface area contributed by atoms with E-state index in [1.165, 1.54) is 0 Å². The van der Waals surface area contributed by atoms with Gasteiger partial charge in [-0.15, -0.1) is 0 Å². The van der Waals surface area contributed by atoms with Gasteiger partial charge in [-0.1, -0.05) is 158 Å². The van der Waals surface area contributed by atoms with Crippen molar-refractivity contribution in [3.8, 4) is 44.5 Å². The fourth-order valence-electron chi connectivity index (χ4n) is 10.4. The van der Waals surface area contributed by atoms with Crippen molar-refractivity contribution in [2.75, 3.05) is 0 Å². The van der Waals surface area contributed by atoms with E-state index >= 15 is 0 Å². The molecule has 0 aliphatic heterocycles. The van der Waals surface area contributed by atoms with Crippen LogP contribution in [0.25, 0.3) is 121 Å².